The first kappa shape index (κ1) is 20.5. The SMILES string of the molecule is COc1ccc(-c2nc3c(c(=O)[nH]2)CCN(C(=O)c2cccc(OC)c2OC)C3)cc1. The van der Waals surface area contributed by atoms with Gasteiger partial charge in [-0.3, -0.25) is 9.59 Å². The van der Waals surface area contributed by atoms with Crippen LogP contribution in [0.3, 0.4) is 0 Å². The predicted octanol–water partition coefficient (Wildman–Crippen LogP) is 2.66. The number of hydrogen-bond donors (Lipinski definition) is 1. The summed E-state index contributed by atoms with van der Waals surface area (Å²) in [4.78, 5) is 35.1. The van der Waals surface area contributed by atoms with E-state index in [2.05, 4.69) is 9.97 Å². The number of aromatic amines is 1. The molecule has 0 fully saturated rings. The van der Waals surface area contributed by atoms with Gasteiger partial charge >= 0.3 is 0 Å². The third-order valence-electron chi connectivity index (χ3n) is 5.36. The highest BCUT2D eigenvalue weighted by molar-refractivity contribution is 5.98. The minimum atomic E-state index is -0.200. The van der Waals surface area contributed by atoms with Crippen molar-refractivity contribution in [2.75, 3.05) is 27.9 Å². The number of methoxy groups -OCH3 is 3. The second-order valence-electron chi connectivity index (χ2n) is 7.09. The number of H-pyrrole nitrogens is 1. The van der Waals surface area contributed by atoms with Crippen molar-refractivity contribution in [2.45, 2.75) is 13.0 Å². The van der Waals surface area contributed by atoms with E-state index in [-0.39, 0.29) is 18.0 Å². The van der Waals surface area contributed by atoms with Crippen LogP contribution in [0.5, 0.6) is 17.2 Å². The van der Waals surface area contributed by atoms with Crippen molar-refractivity contribution in [3.8, 4) is 28.6 Å². The van der Waals surface area contributed by atoms with Gasteiger partial charge in [0.05, 0.1) is 39.1 Å². The van der Waals surface area contributed by atoms with Crippen molar-refractivity contribution in [2.24, 2.45) is 0 Å². The fourth-order valence-electron chi connectivity index (χ4n) is 3.72. The number of nitrogens with zero attached hydrogens (tertiary/aromatic N) is 2. The van der Waals surface area contributed by atoms with Crippen LogP contribution in [0.2, 0.25) is 0 Å². The van der Waals surface area contributed by atoms with Crippen LogP contribution in [0, 0.1) is 0 Å². The van der Waals surface area contributed by atoms with E-state index in [9.17, 15) is 9.59 Å². The van der Waals surface area contributed by atoms with E-state index in [1.807, 2.05) is 12.1 Å². The molecule has 0 bridgehead atoms. The Kier molecular flexibility index (Phi) is 5.62. The van der Waals surface area contributed by atoms with E-state index in [4.69, 9.17) is 14.2 Å². The Balaban J connectivity index is 1.66. The molecule has 160 valence electrons. The molecule has 0 aliphatic carbocycles. The molecule has 0 atom stereocenters. The second kappa shape index (κ2) is 8.51. The van der Waals surface area contributed by atoms with Gasteiger partial charge in [0.2, 0.25) is 0 Å². The Bertz CT molecular complexity index is 1170. The molecule has 0 unspecified atom stereocenters. The van der Waals surface area contributed by atoms with Crippen molar-refractivity contribution in [3.05, 3.63) is 69.6 Å². The molecule has 3 aromatic rings. The smallest absolute Gasteiger partial charge is 0.258 e. The zero-order chi connectivity index (χ0) is 22.0. The number of nitrogens with one attached hydrogen (secondary N) is 1. The Hall–Kier alpha value is -3.81. The number of rotatable bonds is 5. The van der Waals surface area contributed by atoms with Crippen LogP contribution < -0.4 is 19.8 Å². The summed E-state index contributed by atoms with van der Waals surface area (Å²) in [6.07, 6.45) is 0.429. The minimum absolute atomic E-state index is 0.179. The summed E-state index contributed by atoms with van der Waals surface area (Å²) in [6, 6.07) is 12.5. The fraction of sp³-hybridized carbons (Fsp3) is 0.261. The number of benzene rings is 2. The summed E-state index contributed by atoms with van der Waals surface area (Å²) < 4.78 is 15.9. The molecule has 31 heavy (non-hydrogen) atoms. The maximum absolute atomic E-state index is 13.2. The van der Waals surface area contributed by atoms with Crippen molar-refractivity contribution < 1.29 is 19.0 Å². The molecular formula is C23H23N3O5. The summed E-state index contributed by atoms with van der Waals surface area (Å²) in [5.41, 5.74) is 2.20. The molecule has 0 saturated carbocycles. The highest BCUT2D eigenvalue weighted by Gasteiger charge is 2.28. The Morgan fingerprint density at radius 2 is 1.81 bits per heavy atom. The molecule has 1 amide bonds. The fourth-order valence-corrected chi connectivity index (χ4v) is 3.72. The van der Waals surface area contributed by atoms with E-state index in [1.54, 1.807) is 42.3 Å². The molecule has 0 spiro atoms. The van der Waals surface area contributed by atoms with Crippen molar-refractivity contribution in [1.82, 2.24) is 14.9 Å². The summed E-state index contributed by atoms with van der Waals surface area (Å²) in [5.74, 6) is 1.85. The number of ether oxygens (including phenoxy) is 3. The van der Waals surface area contributed by atoms with Crippen molar-refractivity contribution in [1.29, 1.82) is 0 Å². The standard InChI is InChI=1S/C23H23N3O5/c1-29-15-9-7-14(8-10-15)21-24-18-13-26(12-11-16(18)22(27)25-21)23(28)17-5-4-6-19(30-2)20(17)31-3/h4-10H,11-13H2,1-3H3,(H,24,25,27). The predicted molar refractivity (Wildman–Crippen MR) is 115 cm³/mol. The van der Waals surface area contributed by atoms with Crippen LogP contribution in [0.4, 0.5) is 0 Å². The topological polar surface area (TPSA) is 93.8 Å². The van der Waals surface area contributed by atoms with E-state index in [1.165, 1.54) is 14.2 Å². The molecule has 0 saturated heterocycles. The van der Waals surface area contributed by atoms with Gasteiger partial charge in [-0.25, -0.2) is 4.98 Å². The third kappa shape index (κ3) is 3.84. The Labute approximate surface area is 179 Å². The van der Waals surface area contributed by atoms with Gasteiger partial charge in [0.25, 0.3) is 11.5 Å². The molecule has 8 nitrogen and oxygen atoms in total. The average molecular weight is 421 g/mol. The number of amides is 1. The lowest BCUT2D eigenvalue weighted by atomic mass is 10.0. The van der Waals surface area contributed by atoms with Gasteiger partial charge in [-0.15, -0.1) is 0 Å². The van der Waals surface area contributed by atoms with E-state index < -0.39 is 0 Å². The lowest BCUT2D eigenvalue weighted by Gasteiger charge is -2.28. The first-order chi connectivity index (χ1) is 15.0. The van der Waals surface area contributed by atoms with Crippen LogP contribution in [0.15, 0.2) is 47.3 Å². The minimum Gasteiger partial charge on any atom is -0.497 e. The number of carbonyl (C=O) groups excluding carboxylic acids is 1. The lowest BCUT2D eigenvalue weighted by Crippen LogP contribution is -2.39. The van der Waals surface area contributed by atoms with Gasteiger partial charge in [-0.1, -0.05) is 6.07 Å². The molecule has 8 heteroatoms. The van der Waals surface area contributed by atoms with E-state index in [0.717, 1.165) is 5.56 Å². The van der Waals surface area contributed by atoms with Gasteiger partial charge in [0, 0.05) is 17.7 Å². The summed E-state index contributed by atoms with van der Waals surface area (Å²) in [7, 11) is 4.62. The summed E-state index contributed by atoms with van der Waals surface area (Å²) in [6.45, 7) is 0.653. The molecule has 2 heterocycles. The van der Waals surface area contributed by atoms with Gasteiger partial charge in [-0.05, 0) is 42.8 Å². The molecule has 1 aliphatic heterocycles. The summed E-state index contributed by atoms with van der Waals surface area (Å²) >= 11 is 0. The first-order valence-corrected chi connectivity index (χ1v) is 9.82. The highest BCUT2D eigenvalue weighted by Crippen LogP contribution is 2.32. The molecule has 1 aliphatic rings. The molecule has 1 N–H and O–H groups in total. The van der Waals surface area contributed by atoms with E-state index >= 15 is 0 Å². The Morgan fingerprint density at radius 1 is 1.03 bits per heavy atom. The normalized spacial score (nSPS) is 12.8. The number of hydrogen-bond acceptors (Lipinski definition) is 6. The van der Waals surface area contributed by atoms with Crippen LogP contribution in [-0.4, -0.2) is 48.6 Å². The molecular weight excluding hydrogens is 398 g/mol. The maximum Gasteiger partial charge on any atom is 0.258 e. The zero-order valence-corrected chi connectivity index (χ0v) is 17.6. The van der Waals surface area contributed by atoms with E-state index in [0.29, 0.717) is 52.9 Å². The molecule has 2 aromatic carbocycles. The number of para-hydroxylation sites is 1. The largest absolute Gasteiger partial charge is 0.497 e. The van der Waals surface area contributed by atoms with Gasteiger partial charge in [0.15, 0.2) is 11.5 Å². The average Bonchev–Trinajstić information content (AvgIpc) is 2.82. The number of aromatic nitrogens is 2. The monoisotopic (exact) mass is 421 g/mol. The van der Waals surface area contributed by atoms with Crippen LogP contribution in [0.1, 0.15) is 21.6 Å². The first-order valence-electron chi connectivity index (χ1n) is 9.82. The third-order valence-corrected chi connectivity index (χ3v) is 5.36. The van der Waals surface area contributed by atoms with Crippen LogP contribution >= 0.6 is 0 Å². The number of carbonyl (C=O) groups is 1. The number of fused-ring (bicyclic) bond motifs is 1. The van der Waals surface area contributed by atoms with Crippen molar-refractivity contribution in [3.63, 3.8) is 0 Å². The highest BCUT2D eigenvalue weighted by atomic mass is 16.5. The van der Waals surface area contributed by atoms with Gasteiger partial charge in [0.1, 0.15) is 11.6 Å². The van der Waals surface area contributed by atoms with Crippen LogP contribution in [-0.2, 0) is 13.0 Å². The quantitative estimate of drug-likeness (QED) is 0.681. The van der Waals surface area contributed by atoms with Crippen molar-refractivity contribution >= 4 is 5.91 Å². The lowest BCUT2D eigenvalue weighted by molar-refractivity contribution is 0.0727. The van der Waals surface area contributed by atoms with Gasteiger partial charge < -0.3 is 24.1 Å². The summed E-state index contributed by atoms with van der Waals surface area (Å²) in [5, 5.41) is 0. The van der Waals surface area contributed by atoms with Crippen LogP contribution in [0.25, 0.3) is 11.4 Å². The molecule has 4 rings (SSSR count). The zero-order valence-electron chi connectivity index (χ0n) is 17.6. The van der Waals surface area contributed by atoms with Gasteiger partial charge in [-0.2, -0.15) is 0 Å². The second-order valence-corrected chi connectivity index (χ2v) is 7.09. The molecule has 1 aromatic heterocycles. The Morgan fingerprint density at radius 3 is 2.48 bits per heavy atom. The maximum atomic E-state index is 13.2. The molecule has 0 radical (unpaired) electrons.